The SMILES string of the molecule is CCOC(=O)CC(O)C(O)c1c[nH]c(=O)c([N+](=O)[O-])c1C. The minimum absolute atomic E-state index is 0.0295. The van der Waals surface area contributed by atoms with E-state index in [1.54, 1.807) is 6.92 Å². The number of carbonyl (C=O) groups excluding carboxylic acids is 1. The van der Waals surface area contributed by atoms with Gasteiger partial charge in [0.05, 0.1) is 24.1 Å². The molecule has 9 nitrogen and oxygen atoms in total. The molecule has 0 bridgehead atoms. The summed E-state index contributed by atoms with van der Waals surface area (Å²) in [7, 11) is 0. The number of aromatic amines is 1. The predicted octanol–water partition coefficient (Wildman–Crippen LogP) is -0.0610. The average molecular weight is 300 g/mol. The molecule has 21 heavy (non-hydrogen) atoms. The van der Waals surface area contributed by atoms with Crippen LogP contribution in [0.4, 0.5) is 5.69 Å². The molecule has 1 aromatic rings. The van der Waals surface area contributed by atoms with Gasteiger partial charge in [0.15, 0.2) is 0 Å². The Morgan fingerprint density at radius 1 is 1.52 bits per heavy atom. The number of aliphatic hydroxyl groups excluding tert-OH is 2. The van der Waals surface area contributed by atoms with Crippen LogP contribution in [0.25, 0.3) is 0 Å². The quantitative estimate of drug-likeness (QED) is 0.379. The fourth-order valence-corrected chi connectivity index (χ4v) is 1.86. The third-order valence-corrected chi connectivity index (χ3v) is 2.91. The van der Waals surface area contributed by atoms with Crippen molar-refractivity contribution < 1.29 is 24.7 Å². The molecule has 2 atom stereocenters. The van der Waals surface area contributed by atoms with Crippen molar-refractivity contribution in [1.29, 1.82) is 0 Å². The Hall–Kier alpha value is -2.26. The van der Waals surface area contributed by atoms with Gasteiger partial charge in [0.1, 0.15) is 6.10 Å². The number of pyridine rings is 1. The van der Waals surface area contributed by atoms with E-state index in [1.165, 1.54) is 6.92 Å². The number of carbonyl (C=O) groups is 1. The summed E-state index contributed by atoms with van der Waals surface area (Å²) in [6.07, 6.45) is -2.47. The number of aromatic nitrogens is 1. The molecule has 0 aromatic carbocycles. The van der Waals surface area contributed by atoms with Crippen LogP contribution in [0.3, 0.4) is 0 Å². The standard InChI is InChI=1S/C12H16N2O7/c1-3-21-9(16)4-8(15)11(17)7-5-13-12(18)10(6(7)2)14(19)20/h5,8,11,15,17H,3-4H2,1-2H3,(H,13,18). The van der Waals surface area contributed by atoms with Crippen molar-refractivity contribution in [3.63, 3.8) is 0 Å². The van der Waals surface area contributed by atoms with Gasteiger partial charge in [-0.05, 0) is 13.8 Å². The van der Waals surface area contributed by atoms with E-state index in [-0.39, 0.29) is 17.7 Å². The molecule has 0 spiro atoms. The lowest BCUT2D eigenvalue weighted by Gasteiger charge is -2.18. The van der Waals surface area contributed by atoms with Gasteiger partial charge in [-0.15, -0.1) is 0 Å². The number of aliphatic hydroxyl groups is 2. The monoisotopic (exact) mass is 300 g/mol. The molecule has 0 aliphatic carbocycles. The van der Waals surface area contributed by atoms with Crippen LogP contribution in [0.15, 0.2) is 11.0 Å². The second-order valence-electron chi connectivity index (χ2n) is 4.33. The number of ether oxygens (including phenoxy) is 1. The van der Waals surface area contributed by atoms with E-state index in [2.05, 4.69) is 9.72 Å². The topological polar surface area (TPSA) is 143 Å². The highest BCUT2D eigenvalue weighted by Crippen LogP contribution is 2.25. The first-order chi connectivity index (χ1) is 9.79. The van der Waals surface area contributed by atoms with Crippen LogP contribution < -0.4 is 5.56 Å². The number of nitrogens with zero attached hydrogens (tertiary/aromatic N) is 1. The molecular formula is C12H16N2O7. The highest BCUT2D eigenvalue weighted by molar-refractivity contribution is 5.70. The van der Waals surface area contributed by atoms with E-state index in [9.17, 15) is 29.9 Å². The van der Waals surface area contributed by atoms with Crippen molar-refractivity contribution in [3.8, 4) is 0 Å². The number of nitro groups is 1. The molecule has 1 rings (SSSR count). The second kappa shape index (κ2) is 6.95. The summed E-state index contributed by atoms with van der Waals surface area (Å²) in [5.41, 5.74) is -1.72. The molecule has 3 N–H and O–H groups in total. The minimum atomic E-state index is -1.56. The van der Waals surface area contributed by atoms with Crippen LogP contribution in [-0.2, 0) is 9.53 Å². The van der Waals surface area contributed by atoms with Gasteiger partial charge in [-0.2, -0.15) is 0 Å². The number of H-pyrrole nitrogens is 1. The number of hydrogen-bond donors (Lipinski definition) is 3. The van der Waals surface area contributed by atoms with Gasteiger partial charge in [0.2, 0.25) is 0 Å². The molecule has 0 saturated heterocycles. The fraction of sp³-hybridized carbons (Fsp3) is 0.500. The maximum atomic E-state index is 11.4. The van der Waals surface area contributed by atoms with Gasteiger partial charge in [-0.25, -0.2) is 0 Å². The molecule has 1 heterocycles. The van der Waals surface area contributed by atoms with Crippen molar-refractivity contribution >= 4 is 11.7 Å². The normalized spacial score (nSPS) is 13.5. The fourth-order valence-electron chi connectivity index (χ4n) is 1.86. The molecule has 0 radical (unpaired) electrons. The van der Waals surface area contributed by atoms with Crippen molar-refractivity contribution in [2.24, 2.45) is 0 Å². The van der Waals surface area contributed by atoms with Crippen LogP contribution in [0.2, 0.25) is 0 Å². The largest absolute Gasteiger partial charge is 0.466 e. The lowest BCUT2D eigenvalue weighted by molar-refractivity contribution is -0.387. The van der Waals surface area contributed by atoms with Gasteiger partial charge in [0.25, 0.3) is 0 Å². The molecule has 0 aliphatic rings. The van der Waals surface area contributed by atoms with E-state index in [4.69, 9.17) is 0 Å². The first-order valence-corrected chi connectivity index (χ1v) is 6.17. The van der Waals surface area contributed by atoms with E-state index in [0.29, 0.717) is 0 Å². The molecule has 2 unspecified atom stereocenters. The van der Waals surface area contributed by atoms with Crippen molar-refractivity contribution in [3.05, 3.63) is 37.8 Å². The van der Waals surface area contributed by atoms with Crippen LogP contribution >= 0.6 is 0 Å². The van der Waals surface area contributed by atoms with E-state index < -0.39 is 40.8 Å². The third kappa shape index (κ3) is 3.86. The highest BCUT2D eigenvalue weighted by atomic mass is 16.6. The Labute approximate surface area is 119 Å². The lowest BCUT2D eigenvalue weighted by atomic mass is 9.99. The Morgan fingerprint density at radius 3 is 2.67 bits per heavy atom. The molecular weight excluding hydrogens is 284 g/mol. The Morgan fingerprint density at radius 2 is 2.14 bits per heavy atom. The molecule has 0 fully saturated rings. The first kappa shape index (κ1) is 16.8. The Kier molecular flexibility index (Phi) is 5.56. The van der Waals surface area contributed by atoms with Crippen LogP contribution in [0.1, 0.15) is 30.6 Å². The summed E-state index contributed by atoms with van der Waals surface area (Å²) in [5, 5.41) is 30.6. The lowest BCUT2D eigenvalue weighted by Crippen LogP contribution is -2.25. The second-order valence-corrected chi connectivity index (χ2v) is 4.33. The zero-order valence-electron chi connectivity index (χ0n) is 11.5. The minimum Gasteiger partial charge on any atom is -0.466 e. The van der Waals surface area contributed by atoms with Crippen LogP contribution in [-0.4, -0.2) is 38.8 Å². The van der Waals surface area contributed by atoms with Gasteiger partial charge in [0, 0.05) is 17.3 Å². The molecule has 1 aromatic heterocycles. The number of rotatable bonds is 6. The molecule has 0 amide bonds. The summed E-state index contributed by atoms with van der Waals surface area (Å²) < 4.78 is 4.63. The van der Waals surface area contributed by atoms with Gasteiger partial charge in [-0.3, -0.25) is 19.7 Å². The van der Waals surface area contributed by atoms with Crippen LogP contribution in [0, 0.1) is 17.0 Å². The summed E-state index contributed by atoms with van der Waals surface area (Å²) >= 11 is 0. The van der Waals surface area contributed by atoms with Crippen molar-refractivity contribution in [1.82, 2.24) is 4.98 Å². The Bertz CT molecular complexity index is 596. The molecule has 116 valence electrons. The maximum absolute atomic E-state index is 11.4. The summed E-state index contributed by atoms with van der Waals surface area (Å²) in [4.78, 5) is 34.7. The van der Waals surface area contributed by atoms with Gasteiger partial charge >= 0.3 is 17.2 Å². The van der Waals surface area contributed by atoms with E-state index >= 15 is 0 Å². The Balaban J connectivity index is 3.05. The number of esters is 1. The summed E-state index contributed by atoms with van der Waals surface area (Å²) in [6.45, 7) is 3.00. The van der Waals surface area contributed by atoms with Gasteiger partial charge < -0.3 is 19.9 Å². The number of hydrogen-bond acceptors (Lipinski definition) is 7. The zero-order valence-corrected chi connectivity index (χ0v) is 11.5. The van der Waals surface area contributed by atoms with Crippen LogP contribution in [0.5, 0.6) is 0 Å². The third-order valence-electron chi connectivity index (χ3n) is 2.91. The zero-order chi connectivity index (χ0) is 16.2. The maximum Gasteiger partial charge on any atom is 0.337 e. The van der Waals surface area contributed by atoms with Gasteiger partial charge in [-0.1, -0.05) is 0 Å². The molecule has 9 heteroatoms. The van der Waals surface area contributed by atoms with Crippen molar-refractivity contribution in [2.75, 3.05) is 6.61 Å². The molecule has 0 aliphatic heterocycles. The summed E-state index contributed by atoms with van der Waals surface area (Å²) in [6, 6.07) is 0. The molecule has 0 saturated carbocycles. The smallest absolute Gasteiger partial charge is 0.337 e. The summed E-state index contributed by atoms with van der Waals surface area (Å²) in [5.74, 6) is -0.708. The first-order valence-electron chi connectivity index (χ1n) is 6.17. The van der Waals surface area contributed by atoms with E-state index in [1.807, 2.05) is 0 Å². The average Bonchev–Trinajstić information content (AvgIpc) is 2.37. The number of nitrogens with one attached hydrogen (secondary N) is 1. The predicted molar refractivity (Wildman–Crippen MR) is 70.7 cm³/mol. The van der Waals surface area contributed by atoms with Crippen molar-refractivity contribution in [2.45, 2.75) is 32.5 Å². The van der Waals surface area contributed by atoms with E-state index in [0.717, 1.165) is 6.20 Å². The highest BCUT2D eigenvalue weighted by Gasteiger charge is 2.28.